The fourth-order valence-electron chi connectivity index (χ4n) is 3.60. The molecule has 0 bridgehead atoms. The van der Waals surface area contributed by atoms with E-state index in [2.05, 4.69) is 40.2 Å². The normalized spacial score (nSPS) is 19.0. The predicted octanol–water partition coefficient (Wildman–Crippen LogP) is 2.45. The third-order valence-corrected chi connectivity index (χ3v) is 4.79. The molecular formula is C19H23N3O3. The van der Waals surface area contributed by atoms with Crippen molar-refractivity contribution in [1.29, 1.82) is 0 Å². The lowest BCUT2D eigenvalue weighted by Gasteiger charge is -2.35. The molecular weight excluding hydrogens is 318 g/mol. The maximum absolute atomic E-state index is 5.80. The van der Waals surface area contributed by atoms with Crippen LogP contribution in [0.5, 0.6) is 11.5 Å². The number of hydrogen-bond acceptors (Lipinski definition) is 5. The van der Waals surface area contributed by atoms with Crippen molar-refractivity contribution in [2.24, 2.45) is 7.05 Å². The van der Waals surface area contributed by atoms with Crippen LogP contribution in [0.25, 0.3) is 0 Å². The molecule has 0 radical (unpaired) electrons. The molecule has 6 heteroatoms. The Morgan fingerprint density at radius 1 is 1.36 bits per heavy atom. The van der Waals surface area contributed by atoms with Crippen molar-refractivity contribution in [3.63, 3.8) is 0 Å². The number of fused-ring (bicyclic) bond motifs is 2. The van der Waals surface area contributed by atoms with Crippen molar-refractivity contribution in [1.82, 2.24) is 14.5 Å². The molecule has 0 spiro atoms. The van der Waals surface area contributed by atoms with Crippen molar-refractivity contribution < 1.29 is 14.2 Å². The summed E-state index contributed by atoms with van der Waals surface area (Å²) in [7, 11) is 2.05. The molecule has 0 amide bonds. The van der Waals surface area contributed by atoms with Gasteiger partial charge >= 0.3 is 0 Å². The number of aromatic nitrogens is 2. The molecule has 132 valence electrons. The minimum atomic E-state index is 0.182. The Kier molecular flexibility index (Phi) is 4.46. The second kappa shape index (κ2) is 6.90. The first-order chi connectivity index (χ1) is 12.3. The van der Waals surface area contributed by atoms with Gasteiger partial charge in [0.15, 0.2) is 11.5 Å². The molecule has 0 saturated carbocycles. The van der Waals surface area contributed by atoms with Crippen LogP contribution in [0.2, 0.25) is 0 Å². The van der Waals surface area contributed by atoms with E-state index < -0.39 is 0 Å². The summed E-state index contributed by atoms with van der Waals surface area (Å²) in [5.74, 6) is 1.65. The molecule has 0 fully saturated rings. The van der Waals surface area contributed by atoms with Gasteiger partial charge in [-0.3, -0.25) is 4.90 Å². The molecule has 3 heterocycles. The van der Waals surface area contributed by atoms with Gasteiger partial charge in [-0.1, -0.05) is 12.1 Å². The van der Waals surface area contributed by atoms with Crippen LogP contribution in [0.4, 0.5) is 0 Å². The maximum Gasteiger partial charge on any atom is 0.231 e. The van der Waals surface area contributed by atoms with Gasteiger partial charge in [0.1, 0.15) is 0 Å². The van der Waals surface area contributed by atoms with E-state index in [-0.39, 0.29) is 6.04 Å². The van der Waals surface area contributed by atoms with Gasteiger partial charge in [0.25, 0.3) is 0 Å². The Morgan fingerprint density at radius 2 is 2.24 bits per heavy atom. The summed E-state index contributed by atoms with van der Waals surface area (Å²) in [6, 6.07) is 6.35. The zero-order chi connectivity index (χ0) is 17.2. The highest BCUT2D eigenvalue weighted by molar-refractivity contribution is 5.44. The zero-order valence-electron chi connectivity index (χ0n) is 14.5. The molecule has 4 rings (SSSR count). The Labute approximate surface area is 147 Å². The summed E-state index contributed by atoms with van der Waals surface area (Å²) in [6.45, 7) is 7.02. The minimum Gasteiger partial charge on any atom is -0.454 e. The van der Waals surface area contributed by atoms with E-state index in [1.807, 2.05) is 12.4 Å². The largest absolute Gasteiger partial charge is 0.454 e. The lowest BCUT2D eigenvalue weighted by molar-refractivity contribution is 0.0586. The highest BCUT2D eigenvalue weighted by atomic mass is 16.7. The highest BCUT2D eigenvalue weighted by Crippen LogP contribution is 2.35. The van der Waals surface area contributed by atoms with Crippen molar-refractivity contribution in [2.75, 3.05) is 26.6 Å². The summed E-state index contributed by atoms with van der Waals surface area (Å²) in [5, 5.41) is 0. The van der Waals surface area contributed by atoms with Crippen molar-refractivity contribution >= 4 is 0 Å². The first-order valence-electron chi connectivity index (χ1n) is 8.57. The van der Waals surface area contributed by atoms with E-state index >= 15 is 0 Å². The average Bonchev–Trinajstić information content (AvgIpc) is 3.23. The Hall–Kier alpha value is -2.31. The number of hydrogen-bond donors (Lipinski definition) is 0. The van der Waals surface area contributed by atoms with Crippen LogP contribution in [0, 0.1) is 0 Å². The van der Waals surface area contributed by atoms with Gasteiger partial charge in [-0.25, -0.2) is 4.98 Å². The van der Waals surface area contributed by atoms with E-state index in [9.17, 15) is 0 Å². The number of aryl methyl sites for hydroxylation is 1. The summed E-state index contributed by atoms with van der Waals surface area (Å²) in [6.07, 6.45) is 4.64. The third kappa shape index (κ3) is 3.15. The molecule has 1 aromatic carbocycles. The molecule has 0 N–H and O–H groups in total. The molecule has 1 unspecified atom stereocenters. The minimum absolute atomic E-state index is 0.182. The van der Waals surface area contributed by atoms with Gasteiger partial charge in [-0.2, -0.15) is 0 Å². The third-order valence-electron chi connectivity index (χ3n) is 4.79. The SMILES string of the molecule is C=CCOCC1c2c(ncn2C)CCN1Cc1ccc2c(c1)OCO2. The second-order valence-corrected chi connectivity index (χ2v) is 6.44. The average molecular weight is 341 g/mol. The molecule has 1 atom stereocenters. The van der Waals surface area contributed by atoms with E-state index in [0.29, 0.717) is 20.0 Å². The first kappa shape index (κ1) is 16.2. The standard InChI is InChI=1S/C19H23N3O3/c1-3-8-23-11-16-19-15(20-12-21(19)2)6-7-22(16)10-14-4-5-17-18(9-14)25-13-24-17/h3-5,9,12,16H,1,6-8,10-11,13H2,2H3. The smallest absolute Gasteiger partial charge is 0.231 e. The molecule has 25 heavy (non-hydrogen) atoms. The van der Waals surface area contributed by atoms with Gasteiger partial charge in [0, 0.05) is 26.6 Å². The molecule has 2 aromatic rings. The Morgan fingerprint density at radius 3 is 3.12 bits per heavy atom. The zero-order valence-corrected chi connectivity index (χ0v) is 14.5. The number of benzene rings is 1. The molecule has 1 aromatic heterocycles. The Balaban J connectivity index is 1.56. The quantitative estimate of drug-likeness (QED) is 0.597. The second-order valence-electron chi connectivity index (χ2n) is 6.44. The number of rotatable bonds is 6. The summed E-state index contributed by atoms with van der Waals surface area (Å²) in [4.78, 5) is 7.00. The number of nitrogens with zero attached hydrogens (tertiary/aromatic N) is 3. The molecule has 0 saturated heterocycles. The molecule has 6 nitrogen and oxygen atoms in total. The van der Waals surface area contributed by atoms with E-state index in [0.717, 1.165) is 31.0 Å². The molecule has 2 aliphatic rings. The summed E-state index contributed by atoms with van der Waals surface area (Å²) in [5.41, 5.74) is 3.64. The topological polar surface area (TPSA) is 48.8 Å². The maximum atomic E-state index is 5.80. The lowest BCUT2D eigenvalue weighted by Crippen LogP contribution is -2.38. The van der Waals surface area contributed by atoms with Crippen LogP contribution in [0.3, 0.4) is 0 Å². The van der Waals surface area contributed by atoms with Crippen LogP contribution >= 0.6 is 0 Å². The highest BCUT2D eigenvalue weighted by Gasteiger charge is 2.31. The van der Waals surface area contributed by atoms with Crippen LogP contribution < -0.4 is 9.47 Å². The van der Waals surface area contributed by atoms with Crippen molar-refractivity contribution in [3.8, 4) is 11.5 Å². The van der Waals surface area contributed by atoms with Crippen molar-refractivity contribution in [3.05, 3.63) is 54.1 Å². The van der Waals surface area contributed by atoms with Gasteiger partial charge in [0.2, 0.25) is 6.79 Å². The van der Waals surface area contributed by atoms with Crippen LogP contribution in [0.1, 0.15) is 23.0 Å². The Bertz CT molecular complexity index is 771. The van der Waals surface area contributed by atoms with Gasteiger partial charge in [0.05, 0.1) is 37.0 Å². The number of imidazole rings is 1. The number of ether oxygens (including phenoxy) is 3. The lowest BCUT2D eigenvalue weighted by atomic mass is 10.0. The van der Waals surface area contributed by atoms with Crippen LogP contribution in [0.15, 0.2) is 37.2 Å². The predicted molar refractivity (Wildman–Crippen MR) is 93.6 cm³/mol. The first-order valence-corrected chi connectivity index (χ1v) is 8.57. The summed E-state index contributed by atoms with van der Waals surface area (Å²) >= 11 is 0. The molecule has 2 aliphatic heterocycles. The fourth-order valence-corrected chi connectivity index (χ4v) is 3.60. The van der Waals surface area contributed by atoms with E-state index in [1.165, 1.54) is 17.0 Å². The summed E-state index contributed by atoms with van der Waals surface area (Å²) < 4.78 is 18.8. The van der Waals surface area contributed by atoms with Crippen LogP contribution in [-0.2, 0) is 24.8 Å². The van der Waals surface area contributed by atoms with E-state index in [1.54, 1.807) is 6.08 Å². The van der Waals surface area contributed by atoms with Crippen molar-refractivity contribution in [2.45, 2.75) is 19.0 Å². The fraction of sp³-hybridized carbons (Fsp3) is 0.421. The van der Waals surface area contributed by atoms with E-state index in [4.69, 9.17) is 14.2 Å². The van der Waals surface area contributed by atoms with Gasteiger partial charge in [-0.05, 0) is 17.7 Å². The van der Waals surface area contributed by atoms with Gasteiger partial charge in [-0.15, -0.1) is 6.58 Å². The monoisotopic (exact) mass is 341 g/mol. The van der Waals surface area contributed by atoms with Crippen LogP contribution in [-0.4, -0.2) is 41.0 Å². The molecule has 0 aliphatic carbocycles. The van der Waals surface area contributed by atoms with Gasteiger partial charge < -0.3 is 18.8 Å².